The van der Waals surface area contributed by atoms with Crippen LogP contribution in [-0.2, 0) is 32.0 Å². The van der Waals surface area contributed by atoms with Crippen molar-refractivity contribution in [1.82, 2.24) is 14.7 Å². The van der Waals surface area contributed by atoms with Crippen molar-refractivity contribution in [1.29, 1.82) is 0 Å². The number of rotatable bonds is 10. The Morgan fingerprint density at radius 2 is 1.14 bits per heavy atom. The summed E-state index contributed by atoms with van der Waals surface area (Å²) in [5, 5.41) is 0. The first-order valence-electron chi connectivity index (χ1n) is 15.2. The Balaban J connectivity index is 1.51. The van der Waals surface area contributed by atoms with Crippen LogP contribution in [0, 0.1) is 0 Å². The quantitative estimate of drug-likeness (QED) is 0.314. The third-order valence-electron chi connectivity index (χ3n) is 7.92. The average Bonchev–Trinajstić information content (AvgIpc) is 3.30. The van der Waals surface area contributed by atoms with E-state index >= 15 is 0 Å². The van der Waals surface area contributed by atoms with E-state index in [1.54, 1.807) is 9.80 Å². The molecule has 0 radical (unpaired) electrons. The van der Waals surface area contributed by atoms with E-state index in [4.69, 9.17) is 18.9 Å². The van der Waals surface area contributed by atoms with Gasteiger partial charge in [0.25, 0.3) is 0 Å². The van der Waals surface area contributed by atoms with E-state index in [-0.39, 0.29) is 19.3 Å². The summed E-state index contributed by atoms with van der Waals surface area (Å²) in [6.07, 6.45) is -0.361. The Hall–Kier alpha value is -3.14. The first kappa shape index (κ1) is 32.8. The Kier molecular flexibility index (Phi) is 9.79. The zero-order chi connectivity index (χ0) is 31.5. The number of nitrogens with zero attached hydrogens (tertiary/aromatic N) is 3. The predicted octanol–water partition coefficient (Wildman–Crippen LogP) is 6.41. The molecule has 4 rings (SSSR count). The maximum Gasteiger partial charge on any atom is 0.412 e. The number of carbonyl (C=O) groups is 2. The van der Waals surface area contributed by atoms with Gasteiger partial charge >= 0.3 is 12.2 Å². The van der Waals surface area contributed by atoms with Crippen LogP contribution in [0.4, 0.5) is 9.59 Å². The van der Waals surface area contributed by atoms with Gasteiger partial charge in [-0.2, -0.15) is 0 Å². The molecule has 0 saturated carbocycles. The van der Waals surface area contributed by atoms with Gasteiger partial charge in [-0.1, -0.05) is 60.7 Å². The topological polar surface area (TPSA) is 80.8 Å². The van der Waals surface area contributed by atoms with Crippen LogP contribution >= 0.6 is 0 Å². The van der Waals surface area contributed by atoms with Gasteiger partial charge in [0.15, 0.2) is 0 Å². The Labute approximate surface area is 257 Å². The van der Waals surface area contributed by atoms with Crippen molar-refractivity contribution in [2.45, 2.75) is 104 Å². The van der Waals surface area contributed by atoms with Crippen molar-refractivity contribution >= 4 is 12.2 Å². The lowest BCUT2D eigenvalue weighted by Gasteiger charge is -2.34. The third-order valence-corrected chi connectivity index (χ3v) is 7.92. The van der Waals surface area contributed by atoms with Crippen molar-refractivity contribution in [3.8, 4) is 0 Å². The van der Waals surface area contributed by atoms with Crippen LogP contribution in [0.1, 0.15) is 72.9 Å². The molecule has 2 aromatic carbocycles. The molecule has 0 spiro atoms. The molecule has 2 saturated heterocycles. The van der Waals surface area contributed by atoms with Crippen molar-refractivity contribution < 1.29 is 28.5 Å². The normalized spacial score (nSPS) is 20.7. The van der Waals surface area contributed by atoms with Gasteiger partial charge in [0.1, 0.15) is 18.1 Å². The first-order chi connectivity index (χ1) is 20.1. The van der Waals surface area contributed by atoms with Crippen molar-refractivity contribution in [3.63, 3.8) is 0 Å². The first-order valence-corrected chi connectivity index (χ1v) is 15.2. The lowest BCUT2D eigenvalue weighted by molar-refractivity contribution is -0.101. The summed E-state index contributed by atoms with van der Waals surface area (Å²) >= 11 is 0. The van der Waals surface area contributed by atoms with E-state index < -0.39 is 34.8 Å². The molecule has 1 atom stereocenters. The smallest absolute Gasteiger partial charge is 0.412 e. The fraction of sp³-hybridized carbons (Fsp3) is 0.588. The fourth-order valence-corrected chi connectivity index (χ4v) is 6.17. The van der Waals surface area contributed by atoms with Gasteiger partial charge in [-0.3, -0.25) is 14.7 Å². The monoisotopic (exact) mass is 595 g/mol. The maximum absolute atomic E-state index is 13.4. The molecular weight excluding hydrogens is 546 g/mol. The molecule has 43 heavy (non-hydrogen) atoms. The number of ether oxygens (including phenoxy) is 4. The minimum atomic E-state index is -0.780. The summed E-state index contributed by atoms with van der Waals surface area (Å²) in [6.45, 7) is 17.8. The minimum Gasteiger partial charge on any atom is -0.449 e. The second-order valence-electron chi connectivity index (χ2n) is 13.8. The van der Waals surface area contributed by atoms with Gasteiger partial charge in [-0.25, -0.2) is 9.59 Å². The van der Waals surface area contributed by atoms with Crippen LogP contribution in [0.3, 0.4) is 0 Å². The molecule has 2 fully saturated rings. The fourth-order valence-electron chi connectivity index (χ4n) is 6.17. The van der Waals surface area contributed by atoms with Gasteiger partial charge in [0, 0.05) is 25.6 Å². The molecule has 0 bridgehead atoms. The SMILES string of the molecule is CC1(C)CN(C(=O)OCC[C@@H](COC(=O)N2CC(C)(C)OC2(C)C)N(Cc2ccccc2)Cc2ccccc2)C(C)(C)O1. The molecule has 2 amide bonds. The predicted molar refractivity (Wildman–Crippen MR) is 165 cm³/mol. The lowest BCUT2D eigenvalue weighted by atomic mass is 10.1. The summed E-state index contributed by atoms with van der Waals surface area (Å²) in [7, 11) is 0. The second kappa shape index (κ2) is 12.8. The Bertz CT molecular complexity index is 1190. The molecule has 2 aliphatic heterocycles. The van der Waals surface area contributed by atoms with E-state index in [0.29, 0.717) is 32.6 Å². The minimum absolute atomic E-state index is 0.133. The maximum atomic E-state index is 13.4. The highest BCUT2D eigenvalue weighted by Crippen LogP contribution is 2.35. The number of amides is 2. The number of hydrogen-bond acceptors (Lipinski definition) is 7. The van der Waals surface area contributed by atoms with Crippen molar-refractivity contribution in [2.24, 2.45) is 0 Å². The largest absolute Gasteiger partial charge is 0.449 e. The highest BCUT2D eigenvalue weighted by molar-refractivity contribution is 5.69. The van der Waals surface area contributed by atoms with Crippen LogP contribution in [0.15, 0.2) is 60.7 Å². The van der Waals surface area contributed by atoms with Crippen LogP contribution in [0.5, 0.6) is 0 Å². The number of hydrogen-bond donors (Lipinski definition) is 0. The number of benzene rings is 2. The molecule has 0 N–H and O–H groups in total. The Morgan fingerprint density at radius 1 is 0.721 bits per heavy atom. The zero-order valence-corrected chi connectivity index (χ0v) is 27.1. The van der Waals surface area contributed by atoms with E-state index in [1.807, 2.05) is 91.8 Å². The van der Waals surface area contributed by atoms with Gasteiger partial charge < -0.3 is 18.9 Å². The molecule has 236 valence electrons. The summed E-state index contributed by atoms with van der Waals surface area (Å²) in [5.41, 5.74) is -0.187. The molecule has 2 heterocycles. The van der Waals surface area contributed by atoms with Crippen LogP contribution in [0.2, 0.25) is 0 Å². The highest BCUT2D eigenvalue weighted by atomic mass is 16.6. The highest BCUT2D eigenvalue weighted by Gasteiger charge is 2.48. The van der Waals surface area contributed by atoms with Crippen LogP contribution in [-0.4, -0.2) is 81.9 Å². The molecule has 2 aliphatic rings. The van der Waals surface area contributed by atoms with E-state index in [0.717, 1.165) is 11.1 Å². The molecule has 9 heteroatoms. The van der Waals surface area contributed by atoms with E-state index in [1.165, 1.54) is 0 Å². The van der Waals surface area contributed by atoms with E-state index in [9.17, 15) is 9.59 Å². The van der Waals surface area contributed by atoms with E-state index in [2.05, 4.69) is 29.2 Å². The summed E-state index contributed by atoms with van der Waals surface area (Å²) < 4.78 is 24.0. The molecule has 0 aliphatic carbocycles. The van der Waals surface area contributed by atoms with Gasteiger partial charge in [0.05, 0.1) is 30.9 Å². The Morgan fingerprint density at radius 3 is 1.53 bits per heavy atom. The summed E-state index contributed by atoms with van der Waals surface area (Å²) in [6, 6.07) is 20.2. The second-order valence-corrected chi connectivity index (χ2v) is 13.8. The van der Waals surface area contributed by atoms with Crippen LogP contribution < -0.4 is 0 Å². The molecule has 9 nitrogen and oxygen atoms in total. The molecule has 0 aromatic heterocycles. The summed E-state index contributed by atoms with van der Waals surface area (Å²) in [5.74, 6) is 0. The standard InChI is InChI=1S/C34H49N3O6/c1-31(2)24-36(33(5,6)42-31)29(38)40-20-19-28(23-41-30(39)37-25-32(3,4)43-34(37,7)8)35(21-26-15-11-9-12-16-26)22-27-17-13-10-14-18-27/h9-18,28H,19-25H2,1-8H3/t28-/m0/s1. The van der Waals surface area contributed by atoms with Crippen molar-refractivity contribution in [2.75, 3.05) is 26.3 Å². The summed E-state index contributed by atoms with van der Waals surface area (Å²) in [4.78, 5) is 32.1. The lowest BCUT2D eigenvalue weighted by Crippen LogP contribution is -2.46. The molecule has 0 unspecified atom stereocenters. The van der Waals surface area contributed by atoms with Gasteiger partial charge in [0.2, 0.25) is 0 Å². The zero-order valence-electron chi connectivity index (χ0n) is 27.1. The molecule has 2 aromatic rings. The van der Waals surface area contributed by atoms with Gasteiger partial charge in [-0.15, -0.1) is 0 Å². The third kappa shape index (κ3) is 8.71. The number of carbonyl (C=O) groups excluding carboxylic acids is 2. The average molecular weight is 596 g/mol. The molecular formula is C34H49N3O6. The van der Waals surface area contributed by atoms with Crippen LogP contribution in [0.25, 0.3) is 0 Å². The van der Waals surface area contributed by atoms with Crippen molar-refractivity contribution in [3.05, 3.63) is 71.8 Å². The van der Waals surface area contributed by atoms with Gasteiger partial charge in [-0.05, 0) is 66.5 Å².